The van der Waals surface area contributed by atoms with Crippen molar-refractivity contribution in [2.45, 2.75) is 38.3 Å². The summed E-state index contributed by atoms with van der Waals surface area (Å²) in [6, 6.07) is 21.8. The third kappa shape index (κ3) is 5.81. The molecule has 0 aliphatic carbocycles. The van der Waals surface area contributed by atoms with Gasteiger partial charge in [0.05, 0.1) is 5.69 Å². The van der Waals surface area contributed by atoms with Crippen LogP contribution in [-0.2, 0) is 19.4 Å². The first kappa shape index (κ1) is 23.0. The highest BCUT2D eigenvalue weighted by atomic mass is 19.1. The van der Waals surface area contributed by atoms with Gasteiger partial charge >= 0.3 is 0 Å². The molecule has 0 saturated carbocycles. The van der Waals surface area contributed by atoms with Crippen LogP contribution < -0.4 is 11.1 Å². The second kappa shape index (κ2) is 10.6. The van der Waals surface area contributed by atoms with Gasteiger partial charge < -0.3 is 11.1 Å². The SMILES string of the molecule is CCc1cccc(CNCC(c2nccc3ccccc23)C(N)Cc2cc(F)cc(F)c2)c1. The van der Waals surface area contributed by atoms with Crippen LogP contribution in [0.5, 0.6) is 0 Å². The van der Waals surface area contributed by atoms with Crippen LogP contribution in [0.2, 0.25) is 0 Å². The van der Waals surface area contributed by atoms with Gasteiger partial charge in [-0.15, -0.1) is 0 Å². The zero-order valence-corrected chi connectivity index (χ0v) is 18.8. The second-order valence-corrected chi connectivity index (χ2v) is 8.47. The van der Waals surface area contributed by atoms with Crippen LogP contribution in [-0.4, -0.2) is 17.6 Å². The molecular weight excluding hydrogens is 416 g/mol. The number of pyridine rings is 1. The maximum absolute atomic E-state index is 13.8. The van der Waals surface area contributed by atoms with Gasteiger partial charge in [0.15, 0.2) is 0 Å². The number of fused-ring (bicyclic) bond motifs is 1. The molecule has 2 atom stereocenters. The molecule has 0 amide bonds. The van der Waals surface area contributed by atoms with Gasteiger partial charge in [0, 0.05) is 42.7 Å². The molecule has 3 aromatic carbocycles. The minimum Gasteiger partial charge on any atom is -0.327 e. The molecule has 170 valence electrons. The quantitative estimate of drug-likeness (QED) is 0.357. The van der Waals surface area contributed by atoms with Crippen molar-refractivity contribution >= 4 is 10.8 Å². The largest absolute Gasteiger partial charge is 0.327 e. The molecule has 2 unspecified atom stereocenters. The number of nitrogens with two attached hydrogens (primary N) is 1. The van der Waals surface area contributed by atoms with E-state index in [0.29, 0.717) is 25.1 Å². The number of rotatable bonds is 9. The molecule has 0 spiro atoms. The number of aryl methyl sites for hydroxylation is 1. The first-order valence-electron chi connectivity index (χ1n) is 11.4. The van der Waals surface area contributed by atoms with Crippen molar-refractivity contribution < 1.29 is 8.78 Å². The zero-order chi connectivity index (χ0) is 23.2. The second-order valence-electron chi connectivity index (χ2n) is 8.47. The van der Waals surface area contributed by atoms with E-state index in [1.807, 2.05) is 24.3 Å². The number of hydrogen-bond donors (Lipinski definition) is 2. The van der Waals surface area contributed by atoms with Crippen LogP contribution in [0, 0.1) is 11.6 Å². The lowest BCUT2D eigenvalue weighted by molar-refractivity contribution is 0.479. The molecule has 3 N–H and O–H groups in total. The van der Waals surface area contributed by atoms with Crippen molar-refractivity contribution in [2.24, 2.45) is 5.73 Å². The summed E-state index contributed by atoms with van der Waals surface area (Å²) in [6.45, 7) is 3.44. The molecule has 3 nitrogen and oxygen atoms in total. The summed E-state index contributed by atoms with van der Waals surface area (Å²) < 4.78 is 27.5. The summed E-state index contributed by atoms with van der Waals surface area (Å²) in [5.41, 5.74) is 10.6. The number of nitrogens with zero attached hydrogens (tertiary/aromatic N) is 1. The van der Waals surface area contributed by atoms with Crippen LogP contribution in [0.3, 0.4) is 0 Å². The zero-order valence-electron chi connectivity index (χ0n) is 18.8. The van der Waals surface area contributed by atoms with Crippen molar-refractivity contribution in [1.29, 1.82) is 0 Å². The van der Waals surface area contributed by atoms with E-state index in [1.54, 1.807) is 6.20 Å². The monoisotopic (exact) mass is 445 g/mol. The fraction of sp³-hybridized carbons (Fsp3) is 0.250. The third-order valence-electron chi connectivity index (χ3n) is 6.06. The molecule has 4 rings (SSSR count). The Hall–Kier alpha value is -3.15. The minimum absolute atomic E-state index is 0.142. The molecular formula is C28H29F2N3. The normalized spacial score (nSPS) is 13.2. The highest BCUT2D eigenvalue weighted by Gasteiger charge is 2.24. The average Bonchev–Trinajstić information content (AvgIpc) is 2.81. The van der Waals surface area contributed by atoms with Gasteiger partial charge in [0.1, 0.15) is 11.6 Å². The lowest BCUT2D eigenvalue weighted by atomic mass is 9.88. The molecule has 4 aromatic rings. The van der Waals surface area contributed by atoms with Crippen LogP contribution in [0.15, 0.2) is 79.0 Å². The third-order valence-corrected chi connectivity index (χ3v) is 6.06. The molecule has 0 bridgehead atoms. The fourth-order valence-corrected chi connectivity index (χ4v) is 4.36. The van der Waals surface area contributed by atoms with E-state index < -0.39 is 11.6 Å². The highest BCUT2D eigenvalue weighted by Crippen LogP contribution is 2.27. The van der Waals surface area contributed by atoms with E-state index in [0.717, 1.165) is 29.0 Å². The summed E-state index contributed by atoms with van der Waals surface area (Å²) in [4.78, 5) is 4.69. The summed E-state index contributed by atoms with van der Waals surface area (Å²) in [5, 5.41) is 5.67. The van der Waals surface area contributed by atoms with Crippen LogP contribution >= 0.6 is 0 Å². The predicted molar refractivity (Wildman–Crippen MR) is 130 cm³/mol. The van der Waals surface area contributed by atoms with Crippen LogP contribution in [0.1, 0.15) is 35.2 Å². The number of nitrogens with one attached hydrogen (secondary N) is 1. The molecule has 5 heteroatoms. The topological polar surface area (TPSA) is 50.9 Å². The number of halogens is 2. The Morgan fingerprint density at radius 1 is 0.879 bits per heavy atom. The fourth-order valence-electron chi connectivity index (χ4n) is 4.36. The average molecular weight is 446 g/mol. The molecule has 0 radical (unpaired) electrons. The number of aromatic nitrogens is 1. The van der Waals surface area contributed by atoms with Crippen molar-refractivity contribution in [3.63, 3.8) is 0 Å². The van der Waals surface area contributed by atoms with Crippen LogP contribution in [0.4, 0.5) is 8.78 Å². The van der Waals surface area contributed by atoms with Gasteiger partial charge in [-0.3, -0.25) is 4.98 Å². The van der Waals surface area contributed by atoms with Gasteiger partial charge in [0.2, 0.25) is 0 Å². The number of hydrogen-bond acceptors (Lipinski definition) is 3. The highest BCUT2D eigenvalue weighted by molar-refractivity contribution is 5.84. The molecule has 0 fully saturated rings. The molecule has 1 heterocycles. The smallest absolute Gasteiger partial charge is 0.126 e. The summed E-state index contributed by atoms with van der Waals surface area (Å²) in [7, 11) is 0. The van der Waals surface area contributed by atoms with Gasteiger partial charge in [-0.1, -0.05) is 55.5 Å². The van der Waals surface area contributed by atoms with Crippen molar-refractivity contribution in [3.8, 4) is 0 Å². The van der Waals surface area contributed by atoms with Crippen molar-refractivity contribution in [3.05, 3.63) is 113 Å². The van der Waals surface area contributed by atoms with Gasteiger partial charge in [0.25, 0.3) is 0 Å². The van der Waals surface area contributed by atoms with Gasteiger partial charge in [-0.2, -0.15) is 0 Å². The first-order valence-corrected chi connectivity index (χ1v) is 11.4. The molecule has 33 heavy (non-hydrogen) atoms. The van der Waals surface area contributed by atoms with E-state index in [1.165, 1.54) is 23.3 Å². The Balaban J connectivity index is 1.59. The van der Waals surface area contributed by atoms with E-state index in [2.05, 4.69) is 47.6 Å². The molecule has 0 aliphatic heterocycles. The summed E-state index contributed by atoms with van der Waals surface area (Å²) in [6.07, 6.45) is 3.13. The van der Waals surface area contributed by atoms with E-state index in [4.69, 9.17) is 5.73 Å². The summed E-state index contributed by atoms with van der Waals surface area (Å²) >= 11 is 0. The number of benzene rings is 3. The van der Waals surface area contributed by atoms with Gasteiger partial charge in [-0.05, 0) is 53.1 Å². The van der Waals surface area contributed by atoms with E-state index in [-0.39, 0.29) is 12.0 Å². The maximum Gasteiger partial charge on any atom is 0.126 e. The lowest BCUT2D eigenvalue weighted by Gasteiger charge is -2.25. The van der Waals surface area contributed by atoms with Gasteiger partial charge in [-0.25, -0.2) is 8.78 Å². The Kier molecular flexibility index (Phi) is 7.43. The molecule has 0 aliphatic rings. The van der Waals surface area contributed by atoms with Crippen molar-refractivity contribution in [1.82, 2.24) is 10.3 Å². The minimum atomic E-state index is -0.592. The Morgan fingerprint density at radius 3 is 2.42 bits per heavy atom. The lowest BCUT2D eigenvalue weighted by Crippen LogP contribution is -2.37. The Bertz CT molecular complexity index is 1200. The summed E-state index contributed by atoms with van der Waals surface area (Å²) in [5.74, 6) is -1.33. The van der Waals surface area contributed by atoms with Crippen LogP contribution in [0.25, 0.3) is 10.8 Å². The molecule has 0 saturated heterocycles. The van der Waals surface area contributed by atoms with E-state index >= 15 is 0 Å². The first-order chi connectivity index (χ1) is 16.0. The molecule has 1 aromatic heterocycles. The van der Waals surface area contributed by atoms with E-state index in [9.17, 15) is 8.78 Å². The Labute approximate surface area is 193 Å². The standard InChI is InChI=1S/C28H29F2N3/c1-2-19-6-5-7-20(12-19)17-32-18-26(27(31)15-21-13-23(29)16-24(30)14-21)28-25-9-4-3-8-22(25)10-11-33-28/h3-14,16,26-27,32H,2,15,17-18,31H2,1H3. The predicted octanol–water partition coefficient (Wildman–Crippen LogP) is 5.52. The Morgan fingerprint density at radius 2 is 1.64 bits per heavy atom. The van der Waals surface area contributed by atoms with Crippen molar-refractivity contribution in [2.75, 3.05) is 6.54 Å². The maximum atomic E-state index is 13.8.